The molecule has 0 saturated carbocycles. The molecule has 0 aliphatic carbocycles. The van der Waals surface area contributed by atoms with Gasteiger partial charge in [-0.1, -0.05) is 6.92 Å². The van der Waals surface area contributed by atoms with Gasteiger partial charge in [0.25, 0.3) is 0 Å². The van der Waals surface area contributed by atoms with Crippen molar-refractivity contribution in [3.8, 4) is 12.3 Å². The number of terminal acetylenes is 1. The zero-order chi connectivity index (χ0) is 12.0. The van der Waals surface area contributed by atoms with Crippen LogP contribution >= 0.6 is 0 Å². The fraction of sp³-hybridized carbons (Fsp3) is 0.385. The Morgan fingerprint density at radius 1 is 1.44 bits per heavy atom. The molecule has 0 amide bonds. The molecule has 0 aliphatic heterocycles. The number of hydrogen-bond acceptors (Lipinski definition) is 1. The Bertz CT molecular complexity index is 382. The van der Waals surface area contributed by atoms with Gasteiger partial charge in [-0.15, -0.1) is 12.3 Å². The van der Waals surface area contributed by atoms with Crippen LogP contribution in [0.1, 0.15) is 31.4 Å². The summed E-state index contributed by atoms with van der Waals surface area (Å²) in [5, 5.41) is 3.11. The number of rotatable bonds is 5. The van der Waals surface area contributed by atoms with Gasteiger partial charge in [-0.05, 0) is 31.2 Å². The summed E-state index contributed by atoms with van der Waals surface area (Å²) in [6.07, 6.45) is 6.48. The zero-order valence-electron chi connectivity index (χ0n) is 9.26. The Hall–Kier alpha value is -1.40. The third-order valence-corrected chi connectivity index (χ3v) is 2.30. The lowest BCUT2D eigenvalue weighted by molar-refractivity contribution is 0.500. The molecular formula is C13H15F2N. The van der Waals surface area contributed by atoms with Gasteiger partial charge in [-0.3, -0.25) is 0 Å². The molecule has 0 aromatic heterocycles. The average Bonchev–Trinajstić information content (AvgIpc) is 2.28. The predicted molar refractivity (Wildman–Crippen MR) is 60.8 cm³/mol. The minimum Gasteiger partial charge on any atom is -0.309 e. The molecule has 0 aliphatic rings. The molecule has 86 valence electrons. The lowest BCUT2D eigenvalue weighted by atomic mass is 10.0. The van der Waals surface area contributed by atoms with Gasteiger partial charge in [0.2, 0.25) is 0 Å². The van der Waals surface area contributed by atoms with Gasteiger partial charge in [-0.25, -0.2) is 8.78 Å². The molecule has 0 heterocycles. The van der Waals surface area contributed by atoms with Gasteiger partial charge in [-0.2, -0.15) is 0 Å². The minimum absolute atomic E-state index is 0.298. The highest BCUT2D eigenvalue weighted by Crippen LogP contribution is 2.20. The average molecular weight is 223 g/mol. The molecule has 1 rings (SSSR count). The van der Waals surface area contributed by atoms with E-state index in [0.29, 0.717) is 12.0 Å². The molecule has 1 atom stereocenters. The van der Waals surface area contributed by atoms with Crippen LogP contribution in [0.5, 0.6) is 0 Å². The standard InChI is InChI=1S/C13H15F2N/c1-3-5-13(16-8-4-2)11-9-10(14)6-7-12(11)15/h1,6-7,9,13,16H,4-5,8H2,2H3. The number of benzene rings is 1. The molecule has 1 aromatic rings. The van der Waals surface area contributed by atoms with Crippen molar-refractivity contribution in [1.29, 1.82) is 0 Å². The maximum absolute atomic E-state index is 13.5. The van der Waals surface area contributed by atoms with Crippen molar-refractivity contribution in [1.82, 2.24) is 5.32 Å². The highest BCUT2D eigenvalue weighted by atomic mass is 19.1. The summed E-state index contributed by atoms with van der Waals surface area (Å²) in [7, 11) is 0. The summed E-state index contributed by atoms with van der Waals surface area (Å²) in [4.78, 5) is 0. The Labute approximate surface area is 94.9 Å². The van der Waals surface area contributed by atoms with Crippen molar-refractivity contribution in [2.24, 2.45) is 0 Å². The normalized spacial score (nSPS) is 12.1. The van der Waals surface area contributed by atoms with E-state index < -0.39 is 11.6 Å². The van der Waals surface area contributed by atoms with Crippen LogP contribution < -0.4 is 5.32 Å². The van der Waals surface area contributed by atoms with E-state index in [4.69, 9.17) is 6.42 Å². The van der Waals surface area contributed by atoms with Gasteiger partial charge in [0.15, 0.2) is 0 Å². The van der Waals surface area contributed by atoms with Crippen LogP contribution in [0.25, 0.3) is 0 Å². The monoisotopic (exact) mass is 223 g/mol. The Morgan fingerprint density at radius 2 is 2.19 bits per heavy atom. The molecule has 0 spiro atoms. The molecule has 16 heavy (non-hydrogen) atoms. The summed E-state index contributed by atoms with van der Waals surface area (Å²) < 4.78 is 26.5. The van der Waals surface area contributed by atoms with E-state index in [2.05, 4.69) is 11.2 Å². The van der Waals surface area contributed by atoms with E-state index in [1.165, 1.54) is 6.07 Å². The first-order valence-electron chi connectivity index (χ1n) is 5.30. The lowest BCUT2D eigenvalue weighted by Crippen LogP contribution is -2.22. The predicted octanol–water partition coefficient (Wildman–Crippen LogP) is 3.03. The zero-order valence-corrected chi connectivity index (χ0v) is 9.26. The van der Waals surface area contributed by atoms with Crippen LogP contribution in [-0.4, -0.2) is 6.54 Å². The highest BCUT2D eigenvalue weighted by molar-refractivity contribution is 5.23. The molecule has 0 radical (unpaired) electrons. The molecule has 3 heteroatoms. The van der Waals surface area contributed by atoms with E-state index in [1.54, 1.807) is 0 Å². The second-order valence-electron chi connectivity index (χ2n) is 3.58. The summed E-state index contributed by atoms with van der Waals surface area (Å²) >= 11 is 0. The lowest BCUT2D eigenvalue weighted by Gasteiger charge is -2.17. The van der Waals surface area contributed by atoms with Crippen LogP contribution in [0.4, 0.5) is 8.78 Å². The summed E-state index contributed by atoms with van der Waals surface area (Å²) in [6.45, 7) is 2.73. The fourth-order valence-corrected chi connectivity index (χ4v) is 1.51. The van der Waals surface area contributed by atoms with Crippen LogP contribution in [0.15, 0.2) is 18.2 Å². The number of nitrogens with one attached hydrogen (secondary N) is 1. The van der Waals surface area contributed by atoms with Gasteiger partial charge >= 0.3 is 0 Å². The Balaban J connectivity index is 2.91. The van der Waals surface area contributed by atoms with E-state index >= 15 is 0 Å². The van der Waals surface area contributed by atoms with Crippen LogP contribution in [0, 0.1) is 24.0 Å². The quantitative estimate of drug-likeness (QED) is 0.756. The number of hydrogen-bond donors (Lipinski definition) is 1. The topological polar surface area (TPSA) is 12.0 Å². The van der Waals surface area contributed by atoms with Crippen molar-refractivity contribution in [2.75, 3.05) is 6.54 Å². The first-order valence-corrected chi connectivity index (χ1v) is 5.30. The van der Waals surface area contributed by atoms with Crippen molar-refractivity contribution >= 4 is 0 Å². The first kappa shape index (κ1) is 12.7. The smallest absolute Gasteiger partial charge is 0.128 e. The SMILES string of the molecule is C#CCC(NCCC)c1cc(F)ccc1F. The first-order chi connectivity index (χ1) is 7.69. The fourth-order valence-electron chi connectivity index (χ4n) is 1.51. The molecule has 0 saturated heterocycles. The molecule has 1 unspecified atom stereocenters. The minimum atomic E-state index is -0.447. The molecule has 1 N–H and O–H groups in total. The van der Waals surface area contributed by atoms with Crippen molar-refractivity contribution < 1.29 is 8.78 Å². The van der Waals surface area contributed by atoms with E-state index in [0.717, 1.165) is 25.1 Å². The van der Waals surface area contributed by atoms with Gasteiger partial charge in [0, 0.05) is 18.0 Å². The molecule has 0 bridgehead atoms. The van der Waals surface area contributed by atoms with Crippen LogP contribution in [-0.2, 0) is 0 Å². The van der Waals surface area contributed by atoms with Crippen LogP contribution in [0.3, 0.4) is 0 Å². The van der Waals surface area contributed by atoms with Crippen molar-refractivity contribution in [3.63, 3.8) is 0 Å². The van der Waals surface area contributed by atoms with Crippen LogP contribution in [0.2, 0.25) is 0 Å². The van der Waals surface area contributed by atoms with Crippen molar-refractivity contribution in [2.45, 2.75) is 25.8 Å². The van der Waals surface area contributed by atoms with E-state index in [-0.39, 0.29) is 6.04 Å². The highest BCUT2D eigenvalue weighted by Gasteiger charge is 2.14. The largest absolute Gasteiger partial charge is 0.309 e. The maximum atomic E-state index is 13.5. The van der Waals surface area contributed by atoms with E-state index in [9.17, 15) is 8.78 Å². The van der Waals surface area contributed by atoms with Gasteiger partial charge < -0.3 is 5.32 Å². The molecule has 0 fully saturated rings. The maximum Gasteiger partial charge on any atom is 0.128 e. The molecule has 1 aromatic carbocycles. The van der Waals surface area contributed by atoms with Gasteiger partial charge in [0.05, 0.1) is 0 Å². The summed E-state index contributed by atoms with van der Waals surface area (Å²) in [6, 6.07) is 3.11. The molecular weight excluding hydrogens is 208 g/mol. The number of halogens is 2. The molecule has 1 nitrogen and oxygen atoms in total. The Morgan fingerprint density at radius 3 is 2.81 bits per heavy atom. The van der Waals surface area contributed by atoms with Gasteiger partial charge in [0.1, 0.15) is 11.6 Å². The second kappa shape index (κ2) is 6.24. The van der Waals surface area contributed by atoms with E-state index in [1.807, 2.05) is 6.92 Å². The second-order valence-corrected chi connectivity index (χ2v) is 3.58. The third kappa shape index (κ3) is 3.32. The van der Waals surface area contributed by atoms with Crippen molar-refractivity contribution in [3.05, 3.63) is 35.4 Å². The summed E-state index contributed by atoms with van der Waals surface area (Å²) in [5.41, 5.74) is 0.298. The third-order valence-electron chi connectivity index (χ3n) is 2.30. The summed E-state index contributed by atoms with van der Waals surface area (Å²) in [5.74, 6) is 1.60. The Kier molecular flexibility index (Phi) is 4.94.